The van der Waals surface area contributed by atoms with Crippen LogP contribution in [0.2, 0.25) is 0 Å². The summed E-state index contributed by atoms with van der Waals surface area (Å²) in [5.74, 6) is -2.95. The van der Waals surface area contributed by atoms with Gasteiger partial charge in [0.25, 0.3) is 0 Å². The van der Waals surface area contributed by atoms with Crippen molar-refractivity contribution < 1.29 is 29.3 Å². The Labute approximate surface area is 186 Å². The highest BCUT2D eigenvalue weighted by atomic mass is 16.5. The highest BCUT2D eigenvalue weighted by Crippen LogP contribution is 2.33. The van der Waals surface area contributed by atoms with Gasteiger partial charge in [0.15, 0.2) is 0 Å². The Morgan fingerprint density at radius 2 is 0.968 bits per heavy atom. The van der Waals surface area contributed by atoms with E-state index in [-0.39, 0.29) is 23.3 Å². The molecule has 6 heteroatoms. The van der Waals surface area contributed by atoms with Gasteiger partial charge in [0.1, 0.15) is 0 Å². The lowest BCUT2D eigenvalue weighted by molar-refractivity contribution is 0.0497. The van der Waals surface area contributed by atoms with Gasteiger partial charge in [-0.15, -0.1) is 0 Å². The summed E-state index contributed by atoms with van der Waals surface area (Å²) in [5, 5.41) is 20.2. The van der Waals surface area contributed by atoms with Crippen molar-refractivity contribution in [2.45, 2.75) is 98.3 Å². The number of rotatable bonds is 15. The Bertz CT molecular complexity index is 719. The van der Waals surface area contributed by atoms with Crippen molar-refractivity contribution in [3.05, 3.63) is 33.4 Å². The average molecular weight is 435 g/mol. The first-order chi connectivity index (χ1) is 14.8. The smallest absolute Gasteiger partial charge is 0.338 e. The topological polar surface area (TPSA) is 101 Å². The number of hydrogen-bond acceptors (Lipinski definition) is 4. The quantitative estimate of drug-likeness (QED) is 0.257. The third kappa shape index (κ3) is 7.08. The zero-order valence-electron chi connectivity index (χ0n) is 19.5. The second-order valence-electron chi connectivity index (χ2n) is 7.97. The number of benzene rings is 1. The number of unbranched alkanes of at least 4 members (excludes halogenated alkanes) is 4. The van der Waals surface area contributed by atoms with E-state index in [0.29, 0.717) is 61.6 Å². The van der Waals surface area contributed by atoms with E-state index in [0.717, 1.165) is 25.7 Å². The van der Waals surface area contributed by atoms with Gasteiger partial charge in [-0.05, 0) is 61.6 Å². The molecule has 0 aromatic heterocycles. The molecule has 0 atom stereocenters. The number of esters is 1. The van der Waals surface area contributed by atoms with Crippen LogP contribution in [0, 0.1) is 0 Å². The molecule has 1 aromatic rings. The van der Waals surface area contributed by atoms with Crippen LogP contribution in [-0.2, 0) is 24.0 Å². The minimum Gasteiger partial charge on any atom is -0.478 e. The lowest BCUT2D eigenvalue weighted by Gasteiger charge is -2.23. The Hall–Kier alpha value is -2.37. The van der Waals surface area contributed by atoms with Gasteiger partial charge >= 0.3 is 17.9 Å². The molecule has 0 radical (unpaired) electrons. The third-order valence-corrected chi connectivity index (χ3v) is 5.51. The summed E-state index contributed by atoms with van der Waals surface area (Å²) in [6.45, 7) is 8.21. The summed E-state index contributed by atoms with van der Waals surface area (Å²) < 4.78 is 5.48. The van der Waals surface area contributed by atoms with Crippen LogP contribution in [0.3, 0.4) is 0 Å². The van der Waals surface area contributed by atoms with Crippen LogP contribution < -0.4 is 0 Å². The summed E-state index contributed by atoms with van der Waals surface area (Å²) in [7, 11) is 0. The van der Waals surface area contributed by atoms with Gasteiger partial charge in [0.2, 0.25) is 0 Å². The predicted molar refractivity (Wildman–Crippen MR) is 121 cm³/mol. The maximum atomic E-state index is 13.2. The molecule has 174 valence electrons. The lowest BCUT2D eigenvalue weighted by Crippen LogP contribution is -2.23. The van der Waals surface area contributed by atoms with Crippen molar-refractivity contribution in [2.75, 3.05) is 6.61 Å². The molecule has 0 saturated heterocycles. The molecule has 0 heterocycles. The molecule has 2 N–H and O–H groups in total. The maximum absolute atomic E-state index is 13.2. The van der Waals surface area contributed by atoms with Crippen LogP contribution in [0.5, 0.6) is 0 Å². The highest BCUT2D eigenvalue weighted by molar-refractivity contribution is 6.05. The molecule has 0 unspecified atom stereocenters. The van der Waals surface area contributed by atoms with Crippen LogP contribution in [0.25, 0.3) is 0 Å². The van der Waals surface area contributed by atoms with Crippen molar-refractivity contribution in [2.24, 2.45) is 0 Å². The van der Waals surface area contributed by atoms with E-state index in [2.05, 4.69) is 0 Å². The first kappa shape index (κ1) is 26.7. The monoisotopic (exact) mass is 434 g/mol. The number of hydrogen-bond donors (Lipinski definition) is 2. The van der Waals surface area contributed by atoms with Crippen LogP contribution in [-0.4, -0.2) is 34.7 Å². The fraction of sp³-hybridized carbons (Fsp3) is 0.640. The molecule has 1 aromatic carbocycles. The largest absolute Gasteiger partial charge is 0.478 e. The summed E-state index contributed by atoms with van der Waals surface area (Å²) in [6, 6.07) is 0. The number of carbonyl (C=O) groups excluding carboxylic acids is 1. The molecule has 0 saturated carbocycles. The number of ether oxygens (including phenoxy) is 1. The second-order valence-corrected chi connectivity index (χ2v) is 7.97. The van der Waals surface area contributed by atoms with Crippen LogP contribution in [0.4, 0.5) is 0 Å². The van der Waals surface area contributed by atoms with Gasteiger partial charge in [-0.3, -0.25) is 0 Å². The lowest BCUT2D eigenvalue weighted by atomic mass is 9.81. The summed E-state index contributed by atoms with van der Waals surface area (Å²) in [4.78, 5) is 37.9. The van der Waals surface area contributed by atoms with Crippen molar-refractivity contribution >= 4 is 17.9 Å². The predicted octanol–water partition coefficient (Wildman–Crippen LogP) is 6.07. The molecular weight excluding hydrogens is 396 g/mol. The summed E-state index contributed by atoms with van der Waals surface area (Å²) in [5.41, 5.74) is 1.39. The molecular formula is C25H38O6. The van der Waals surface area contributed by atoms with E-state index in [1.54, 1.807) is 0 Å². The summed E-state index contributed by atoms with van der Waals surface area (Å²) in [6.07, 6.45) is 7.32. The molecule has 31 heavy (non-hydrogen) atoms. The zero-order chi connectivity index (χ0) is 23.4. The molecule has 0 bridgehead atoms. The average Bonchev–Trinajstić information content (AvgIpc) is 2.73. The van der Waals surface area contributed by atoms with Crippen molar-refractivity contribution in [3.8, 4) is 0 Å². The van der Waals surface area contributed by atoms with Gasteiger partial charge in [0.05, 0.1) is 23.3 Å². The van der Waals surface area contributed by atoms with Gasteiger partial charge in [0, 0.05) is 0 Å². The van der Waals surface area contributed by atoms with Crippen molar-refractivity contribution in [1.82, 2.24) is 0 Å². The number of carboxylic acid groups (broad SMARTS) is 2. The molecule has 6 nitrogen and oxygen atoms in total. The van der Waals surface area contributed by atoms with Gasteiger partial charge < -0.3 is 14.9 Å². The normalized spacial score (nSPS) is 10.8. The first-order valence-electron chi connectivity index (χ1n) is 11.7. The van der Waals surface area contributed by atoms with E-state index in [4.69, 9.17) is 4.74 Å². The second kappa shape index (κ2) is 13.8. The Morgan fingerprint density at radius 3 is 1.29 bits per heavy atom. The van der Waals surface area contributed by atoms with E-state index in [1.165, 1.54) is 0 Å². The SMILES string of the molecule is CCCCOC(=O)c1c(CCCC)c(C(=O)O)c(CCCC)c(C(=O)O)c1CCCC. The molecule has 0 fully saturated rings. The molecule has 0 spiro atoms. The Morgan fingerprint density at radius 1 is 0.613 bits per heavy atom. The van der Waals surface area contributed by atoms with Crippen LogP contribution >= 0.6 is 0 Å². The molecule has 0 aliphatic carbocycles. The van der Waals surface area contributed by atoms with E-state index >= 15 is 0 Å². The summed E-state index contributed by atoms with van der Waals surface area (Å²) >= 11 is 0. The molecule has 1 rings (SSSR count). The standard InChI is InChI=1S/C25H38O6/c1-5-9-13-17-20(23(26)27)18(14-10-6-2)22(25(30)31-16-12-8-4)19(15-11-7-3)21(17)24(28)29/h5-16H2,1-4H3,(H,26,27)(H,28,29). The van der Waals surface area contributed by atoms with Crippen LogP contribution in [0.1, 0.15) is 127 Å². The number of carboxylic acids is 2. The zero-order valence-corrected chi connectivity index (χ0v) is 19.5. The number of aromatic carboxylic acids is 2. The molecule has 0 aliphatic rings. The van der Waals surface area contributed by atoms with Crippen molar-refractivity contribution in [3.63, 3.8) is 0 Å². The third-order valence-electron chi connectivity index (χ3n) is 5.51. The number of carbonyl (C=O) groups is 3. The fourth-order valence-corrected chi connectivity index (χ4v) is 3.88. The van der Waals surface area contributed by atoms with E-state index in [9.17, 15) is 24.6 Å². The van der Waals surface area contributed by atoms with Gasteiger partial charge in [-0.2, -0.15) is 0 Å². The van der Waals surface area contributed by atoms with Gasteiger partial charge in [-0.1, -0.05) is 53.4 Å². The maximum Gasteiger partial charge on any atom is 0.338 e. The van der Waals surface area contributed by atoms with Gasteiger partial charge in [-0.25, -0.2) is 14.4 Å². The van der Waals surface area contributed by atoms with Crippen molar-refractivity contribution in [1.29, 1.82) is 0 Å². The molecule has 0 amide bonds. The minimum absolute atomic E-state index is 0.0120. The van der Waals surface area contributed by atoms with E-state index in [1.807, 2.05) is 27.7 Å². The van der Waals surface area contributed by atoms with Crippen LogP contribution in [0.15, 0.2) is 0 Å². The highest BCUT2D eigenvalue weighted by Gasteiger charge is 2.32. The Kier molecular flexibility index (Phi) is 11.9. The first-order valence-corrected chi connectivity index (χ1v) is 11.7. The van der Waals surface area contributed by atoms with E-state index < -0.39 is 17.9 Å². The molecule has 0 aliphatic heterocycles. The fourth-order valence-electron chi connectivity index (χ4n) is 3.88. The minimum atomic E-state index is -1.18. The Balaban J connectivity index is 3.94.